The Kier molecular flexibility index (Phi) is 5.57. The third-order valence-corrected chi connectivity index (χ3v) is 4.75. The topological polar surface area (TPSA) is 69.8 Å². The van der Waals surface area contributed by atoms with Crippen LogP contribution in [0.5, 0.6) is 0 Å². The number of hydrogen-bond donors (Lipinski definition) is 1. The normalized spacial score (nSPS) is 18.2. The van der Waals surface area contributed by atoms with E-state index in [0.717, 1.165) is 48.4 Å². The highest BCUT2D eigenvalue weighted by Crippen LogP contribution is 2.32. The highest BCUT2D eigenvalue weighted by molar-refractivity contribution is 5.96. The molecule has 0 unspecified atom stereocenters. The van der Waals surface area contributed by atoms with E-state index in [-0.39, 0.29) is 5.70 Å². The molecule has 0 radical (unpaired) electrons. The average molecular weight is 374 g/mol. The first kappa shape index (κ1) is 19.1. The summed E-state index contributed by atoms with van der Waals surface area (Å²) in [5.74, 6) is -0.921. The molecule has 27 heavy (non-hydrogen) atoms. The van der Waals surface area contributed by atoms with Gasteiger partial charge in [0.15, 0.2) is 5.57 Å². The van der Waals surface area contributed by atoms with Crippen LogP contribution in [0.1, 0.15) is 43.2 Å². The van der Waals surface area contributed by atoms with Gasteiger partial charge in [-0.25, -0.2) is 10.1 Å². The highest BCUT2D eigenvalue weighted by atomic mass is 19.4. The number of nitrogens with zero attached hydrogens (tertiary/aromatic N) is 2. The van der Waals surface area contributed by atoms with E-state index in [2.05, 4.69) is 4.99 Å². The number of rotatable bonds is 3. The maximum absolute atomic E-state index is 13.3. The van der Waals surface area contributed by atoms with Crippen molar-refractivity contribution in [3.63, 3.8) is 0 Å². The van der Waals surface area contributed by atoms with Gasteiger partial charge in [0.2, 0.25) is 0 Å². The Labute approximate surface area is 155 Å². The summed E-state index contributed by atoms with van der Waals surface area (Å²) in [5, 5.41) is 10.0. The maximum atomic E-state index is 13.3. The number of nitriles is 1. The standard InChI is InChI=1S/C20H18F3N3O/c21-20(22,23)17-10-18(26-19(27)16(17)11-24)15-9-5-4-6-13(15)12-25-14-7-2-1-3-8-14/h4-6,9-10H,1-3,7-8,12H2,(H,26,27)/p+1. The van der Waals surface area contributed by atoms with Crippen LogP contribution in [0.4, 0.5) is 13.2 Å². The number of hydrogen-bond acceptors (Lipinski definition) is 3. The molecule has 1 saturated carbocycles. The summed E-state index contributed by atoms with van der Waals surface area (Å²) in [5.41, 5.74) is 0.520. The van der Waals surface area contributed by atoms with E-state index in [0.29, 0.717) is 12.1 Å². The summed E-state index contributed by atoms with van der Waals surface area (Å²) >= 11 is 0. The molecular weight excluding hydrogens is 355 g/mol. The number of benzene rings is 1. The van der Waals surface area contributed by atoms with E-state index < -0.39 is 23.2 Å². The van der Waals surface area contributed by atoms with Crippen molar-refractivity contribution in [1.29, 1.82) is 5.26 Å². The van der Waals surface area contributed by atoms with Gasteiger partial charge < -0.3 is 0 Å². The highest BCUT2D eigenvalue weighted by Gasteiger charge is 2.42. The molecule has 1 aromatic rings. The molecule has 4 nitrogen and oxygen atoms in total. The molecule has 2 aliphatic rings. The number of aliphatic imine (C=N–C) groups is 1. The van der Waals surface area contributed by atoms with Gasteiger partial charge in [0.25, 0.3) is 0 Å². The molecule has 0 spiro atoms. The van der Waals surface area contributed by atoms with Gasteiger partial charge >= 0.3 is 12.1 Å². The molecule has 3 rings (SSSR count). The fourth-order valence-corrected chi connectivity index (χ4v) is 3.36. The van der Waals surface area contributed by atoms with Crippen LogP contribution in [0, 0.1) is 11.3 Å². The summed E-state index contributed by atoms with van der Waals surface area (Å²) in [6, 6.07) is 8.37. The van der Waals surface area contributed by atoms with Gasteiger partial charge in [-0.1, -0.05) is 24.6 Å². The number of primary amides is 1. The molecule has 7 heteroatoms. The third-order valence-electron chi connectivity index (χ3n) is 4.75. The first-order valence-corrected chi connectivity index (χ1v) is 8.83. The van der Waals surface area contributed by atoms with Crippen LogP contribution in [-0.4, -0.2) is 17.8 Å². The van der Waals surface area contributed by atoms with E-state index in [1.807, 2.05) is 0 Å². The molecule has 0 aromatic heterocycles. The van der Waals surface area contributed by atoms with Crippen LogP contribution < -0.4 is 5.32 Å². The van der Waals surface area contributed by atoms with Gasteiger partial charge in [-0.05, 0) is 37.3 Å². The smallest absolute Gasteiger partial charge is 0.289 e. The summed E-state index contributed by atoms with van der Waals surface area (Å²) < 4.78 is 39.9. The first-order valence-electron chi connectivity index (χ1n) is 8.83. The Hall–Kier alpha value is -2.72. The van der Waals surface area contributed by atoms with Crippen molar-refractivity contribution in [3.8, 4) is 6.07 Å². The minimum Gasteiger partial charge on any atom is -0.289 e. The van der Waals surface area contributed by atoms with Gasteiger partial charge in [0.1, 0.15) is 11.8 Å². The molecule has 1 fully saturated rings. The van der Waals surface area contributed by atoms with Crippen LogP contribution in [0.25, 0.3) is 5.70 Å². The lowest BCUT2D eigenvalue weighted by molar-refractivity contribution is -0.471. The lowest BCUT2D eigenvalue weighted by atomic mass is 9.96. The molecule has 1 aliphatic heterocycles. The number of halogens is 3. The molecule has 2 N–H and O–H groups in total. The van der Waals surface area contributed by atoms with Crippen molar-refractivity contribution in [3.05, 3.63) is 52.6 Å². The van der Waals surface area contributed by atoms with E-state index in [4.69, 9.17) is 5.26 Å². The number of nitrogens with two attached hydrogens (primary N) is 1. The average Bonchev–Trinajstić information content (AvgIpc) is 2.66. The zero-order valence-corrected chi connectivity index (χ0v) is 14.6. The lowest BCUT2D eigenvalue weighted by Crippen LogP contribution is -2.86. The quantitative estimate of drug-likeness (QED) is 0.881. The molecule has 1 aromatic carbocycles. The van der Waals surface area contributed by atoms with Crippen molar-refractivity contribution in [2.45, 2.75) is 44.8 Å². The molecule has 140 valence electrons. The number of amides is 1. The number of carbonyl (C=O) groups is 1. The number of carbonyl (C=O) groups excluding carboxylic acids is 1. The van der Waals surface area contributed by atoms with Gasteiger partial charge in [-0.15, -0.1) is 0 Å². The van der Waals surface area contributed by atoms with Gasteiger partial charge in [0, 0.05) is 17.4 Å². The van der Waals surface area contributed by atoms with Crippen molar-refractivity contribution in [2.24, 2.45) is 4.99 Å². The van der Waals surface area contributed by atoms with Crippen molar-refractivity contribution in [2.75, 3.05) is 0 Å². The van der Waals surface area contributed by atoms with Crippen LogP contribution in [0.15, 0.2) is 46.5 Å². The summed E-state index contributed by atoms with van der Waals surface area (Å²) in [6.07, 6.45) is 1.47. The number of quaternary nitrogens is 1. The van der Waals surface area contributed by atoms with Gasteiger partial charge in [-0.3, -0.25) is 4.99 Å². The zero-order chi connectivity index (χ0) is 19.4. The Balaban J connectivity index is 1.97. The minimum atomic E-state index is -4.77. The zero-order valence-electron chi connectivity index (χ0n) is 14.6. The number of alkyl halides is 3. The SMILES string of the molecule is N#CC1=C(C(F)(F)F)C=C(c2ccccc2CN=C2CCCCC2)[NH2+]C1=O. The molecule has 1 amide bonds. The largest absolute Gasteiger partial charge is 0.418 e. The molecule has 1 aliphatic carbocycles. The van der Waals surface area contributed by atoms with Crippen LogP contribution in [0.2, 0.25) is 0 Å². The van der Waals surface area contributed by atoms with Crippen molar-refractivity contribution < 1.29 is 23.3 Å². The molecule has 0 bridgehead atoms. The predicted octanol–water partition coefficient (Wildman–Crippen LogP) is 3.42. The van der Waals surface area contributed by atoms with Crippen LogP contribution in [-0.2, 0) is 11.3 Å². The van der Waals surface area contributed by atoms with E-state index in [9.17, 15) is 18.0 Å². The second-order valence-corrected chi connectivity index (χ2v) is 6.61. The monoisotopic (exact) mass is 374 g/mol. The number of allylic oxidation sites excluding steroid dienone is 2. The van der Waals surface area contributed by atoms with Crippen LogP contribution in [0.3, 0.4) is 0 Å². The first-order chi connectivity index (χ1) is 12.9. The minimum absolute atomic E-state index is 0.158. The fourth-order valence-electron chi connectivity index (χ4n) is 3.36. The van der Waals surface area contributed by atoms with Gasteiger partial charge in [0.05, 0.1) is 12.1 Å². The van der Waals surface area contributed by atoms with Crippen molar-refractivity contribution in [1.82, 2.24) is 0 Å². The summed E-state index contributed by atoms with van der Waals surface area (Å²) in [6.45, 7) is 0.362. The third kappa shape index (κ3) is 4.34. The van der Waals surface area contributed by atoms with Crippen LogP contribution >= 0.6 is 0 Å². The Morgan fingerprint density at radius 1 is 1.15 bits per heavy atom. The Bertz CT molecular complexity index is 880. The maximum Gasteiger partial charge on any atom is 0.418 e. The van der Waals surface area contributed by atoms with E-state index >= 15 is 0 Å². The van der Waals surface area contributed by atoms with E-state index in [1.54, 1.807) is 24.3 Å². The van der Waals surface area contributed by atoms with Crippen molar-refractivity contribution >= 4 is 17.3 Å². The summed E-state index contributed by atoms with van der Waals surface area (Å²) in [7, 11) is 0. The Morgan fingerprint density at radius 2 is 1.85 bits per heavy atom. The molecule has 1 heterocycles. The lowest BCUT2D eigenvalue weighted by Gasteiger charge is -2.17. The Morgan fingerprint density at radius 3 is 2.52 bits per heavy atom. The summed E-state index contributed by atoms with van der Waals surface area (Å²) in [4.78, 5) is 16.7. The second-order valence-electron chi connectivity index (χ2n) is 6.61. The second kappa shape index (κ2) is 7.89. The van der Waals surface area contributed by atoms with Gasteiger partial charge in [-0.2, -0.15) is 18.4 Å². The fraction of sp³-hybridized carbons (Fsp3) is 0.350. The molecule has 0 atom stereocenters. The predicted molar refractivity (Wildman–Crippen MR) is 94.3 cm³/mol. The molecular formula is C20H19F3N3O+. The molecule has 0 saturated heterocycles. The van der Waals surface area contributed by atoms with E-state index in [1.165, 1.54) is 12.5 Å².